The zero-order valence-corrected chi connectivity index (χ0v) is 12.5. The molecule has 1 aromatic rings. The van der Waals surface area contributed by atoms with E-state index in [4.69, 9.17) is 9.47 Å². The van der Waals surface area contributed by atoms with Crippen molar-refractivity contribution < 1.29 is 19.4 Å². The molecule has 0 saturated carbocycles. The van der Waals surface area contributed by atoms with Gasteiger partial charge < -0.3 is 19.9 Å². The van der Waals surface area contributed by atoms with E-state index in [9.17, 15) is 9.90 Å². The van der Waals surface area contributed by atoms with Crippen LogP contribution in [0.25, 0.3) is 0 Å². The van der Waals surface area contributed by atoms with Crippen molar-refractivity contribution in [3.63, 3.8) is 0 Å². The summed E-state index contributed by atoms with van der Waals surface area (Å²) in [5, 5.41) is 12.4. The first kappa shape index (κ1) is 15.5. The van der Waals surface area contributed by atoms with Crippen molar-refractivity contribution in [2.45, 2.75) is 33.2 Å². The molecular formula is C14H21N3O4. The molecule has 2 unspecified atom stereocenters. The molecule has 2 rings (SSSR count). The van der Waals surface area contributed by atoms with Crippen LogP contribution < -0.4 is 10.1 Å². The lowest BCUT2D eigenvalue weighted by Crippen LogP contribution is -2.43. The first-order valence-electron chi connectivity index (χ1n) is 7.02. The van der Waals surface area contributed by atoms with Crippen LogP contribution in [0.1, 0.15) is 26.0 Å². The summed E-state index contributed by atoms with van der Waals surface area (Å²) in [6.45, 7) is 6.57. The quantitative estimate of drug-likeness (QED) is 0.820. The maximum Gasteiger partial charge on any atom is 0.313 e. The summed E-state index contributed by atoms with van der Waals surface area (Å²) in [4.78, 5) is 20.0. The summed E-state index contributed by atoms with van der Waals surface area (Å²) in [6.07, 6.45) is 0.888. The number of nitrogens with one attached hydrogen (secondary N) is 1. The molecule has 1 saturated heterocycles. The number of hydrogen-bond donors (Lipinski definition) is 2. The molecule has 2 atom stereocenters. The van der Waals surface area contributed by atoms with Gasteiger partial charge in [-0.15, -0.1) is 0 Å². The van der Waals surface area contributed by atoms with Crippen LogP contribution in [-0.2, 0) is 9.53 Å². The third-order valence-electron chi connectivity index (χ3n) is 3.53. The molecule has 116 valence electrons. The minimum absolute atomic E-state index is 0.172. The fourth-order valence-electron chi connectivity index (χ4n) is 2.13. The highest BCUT2D eigenvalue weighted by atomic mass is 16.5. The monoisotopic (exact) mass is 295 g/mol. The summed E-state index contributed by atoms with van der Waals surface area (Å²) in [7, 11) is 0. The first-order chi connectivity index (χ1) is 9.95. The van der Waals surface area contributed by atoms with E-state index in [2.05, 4.69) is 15.3 Å². The van der Waals surface area contributed by atoms with Crippen molar-refractivity contribution in [2.75, 3.05) is 25.1 Å². The fourth-order valence-corrected chi connectivity index (χ4v) is 2.13. The lowest BCUT2D eigenvalue weighted by Gasteiger charge is -2.25. The lowest BCUT2D eigenvalue weighted by molar-refractivity contribution is -0.148. The fraction of sp³-hybridized carbons (Fsp3) is 0.643. The van der Waals surface area contributed by atoms with Crippen LogP contribution >= 0.6 is 0 Å². The van der Waals surface area contributed by atoms with Gasteiger partial charge in [-0.25, -0.2) is 4.98 Å². The SMILES string of the molecule is CCCOc1cc(C)nc(NC2COCC2(C)C(=O)O)n1. The van der Waals surface area contributed by atoms with Gasteiger partial charge >= 0.3 is 5.97 Å². The van der Waals surface area contributed by atoms with E-state index in [0.29, 0.717) is 25.0 Å². The van der Waals surface area contributed by atoms with Crippen molar-refractivity contribution in [1.29, 1.82) is 0 Å². The van der Waals surface area contributed by atoms with Gasteiger partial charge in [-0.2, -0.15) is 4.98 Å². The number of carboxylic acids is 1. The number of aliphatic carboxylic acids is 1. The molecular weight excluding hydrogens is 274 g/mol. The standard InChI is InChI=1S/C14H21N3O4/c1-4-5-21-11-6-9(2)15-13(17-11)16-10-7-20-8-14(10,3)12(18)19/h6,10H,4-5,7-8H2,1-3H3,(H,18,19)(H,15,16,17). The Morgan fingerprint density at radius 1 is 1.62 bits per heavy atom. The van der Waals surface area contributed by atoms with Crippen LogP contribution in [0.2, 0.25) is 0 Å². The van der Waals surface area contributed by atoms with E-state index >= 15 is 0 Å². The normalized spacial score (nSPS) is 24.8. The lowest BCUT2D eigenvalue weighted by atomic mass is 9.85. The topological polar surface area (TPSA) is 93.6 Å². The van der Waals surface area contributed by atoms with Gasteiger partial charge in [0.1, 0.15) is 5.41 Å². The molecule has 0 aromatic carbocycles. The number of carbonyl (C=O) groups is 1. The largest absolute Gasteiger partial charge is 0.481 e. The van der Waals surface area contributed by atoms with Crippen LogP contribution in [0, 0.1) is 12.3 Å². The molecule has 7 heteroatoms. The number of aryl methyl sites for hydroxylation is 1. The Bertz CT molecular complexity index is 523. The van der Waals surface area contributed by atoms with E-state index in [1.165, 1.54) is 0 Å². The smallest absolute Gasteiger partial charge is 0.313 e. The Morgan fingerprint density at radius 3 is 3.05 bits per heavy atom. The highest BCUT2D eigenvalue weighted by Gasteiger charge is 2.47. The number of carboxylic acid groups (broad SMARTS) is 1. The summed E-state index contributed by atoms with van der Waals surface area (Å²) < 4.78 is 10.8. The van der Waals surface area contributed by atoms with Gasteiger partial charge in [0.05, 0.1) is 25.9 Å². The van der Waals surface area contributed by atoms with Crippen LogP contribution in [-0.4, -0.2) is 46.9 Å². The third kappa shape index (κ3) is 3.41. The minimum Gasteiger partial charge on any atom is -0.481 e. The van der Waals surface area contributed by atoms with Gasteiger partial charge in [0.25, 0.3) is 0 Å². The zero-order valence-electron chi connectivity index (χ0n) is 12.5. The predicted octanol–water partition coefficient (Wildman–Crippen LogP) is 1.48. The highest BCUT2D eigenvalue weighted by Crippen LogP contribution is 2.30. The molecule has 1 aliphatic heterocycles. The highest BCUT2D eigenvalue weighted by molar-refractivity contribution is 5.76. The van der Waals surface area contributed by atoms with Gasteiger partial charge in [-0.05, 0) is 20.3 Å². The Morgan fingerprint density at radius 2 is 2.38 bits per heavy atom. The molecule has 2 heterocycles. The van der Waals surface area contributed by atoms with E-state index in [1.54, 1.807) is 13.0 Å². The Labute approximate surface area is 123 Å². The van der Waals surface area contributed by atoms with Crippen LogP contribution in [0.15, 0.2) is 6.07 Å². The second-order valence-electron chi connectivity index (χ2n) is 5.45. The molecule has 0 bridgehead atoms. The molecule has 0 radical (unpaired) electrons. The number of ether oxygens (including phenoxy) is 2. The Balaban J connectivity index is 2.15. The summed E-state index contributed by atoms with van der Waals surface area (Å²) in [5.74, 6) is -0.0421. The van der Waals surface area contributed by atoms with Gasteiger partial charge in [0.2, 0.25) is 11.8 Å². The maximum absolute atomic E-state index is 11.4. The molecule has 1 aromatic heterocycles. The van der Waals surface area contributed by atoms with Crippen molar-refractivity contribution in [3.8, 4) is 5.88 Å². The van der Waals surface area contributed by atoms with Crippen molar-refractivity contribution in [2.24, 2.45) is 5.41 Å². The third-order valence-corrected chi connectivity index (χ3v) is 3.53. The van der Waals surface area contributed by atoms with Crippen molar-refractivity contribution in [1.82, 2.24) is 9.97 Å². The first-order valence-corrected chi connectivity index (χ1v) is 7.02. The molecule has 0 amide bonds. The maximum atomic E-state index is 11.4. The van der Waals surface area contributed by atoms with Crippen LogP contribution in [0.5, 0.6) is 5.88 Å². The molecule has 7 nitrogen and oxygen atoms in total. The minimum atomic E-state index is -0.989. The Kier molecular flexibility index (Phi) is 4.62. The number of nitrogens with zero attached hydrogens (tertiary/aromatic N) is 2. The predicted molar refractivity (Wildman–Crippen MR) is 76.5 cm³/mol. The summed E-state index contributed by atoms with van der Waals surface area (Å²) in [6, 6.07) is 1.37. The zero-order chi connectivity index (χ0) is 15.5. The molecule has 2 N–H and O–H groups in total. The van der Waals surface area contributed by atoms with E-state index in [0.717, 1.165) is 12.1 Å². The van der Waals surface area contributed by atoms with Gasteiger partial charge in [0.15, 0.2) is 0 Å². The number of aromatic nitrogens is 2. The molecule has 0 aliphatic carbocycles. The molecule has 1 fully saturated rings. The van der Waals surface area contributed by atoms with Gasteiger partial charge in [-0.3, -0.25) is 4.79 Å². The Hall–Kier alpha value is -1.89. The van der Waals surface area contributed by atoms with E-state index in [1.807, 2.05) is 13.8 Å². The van der Waals surface area contributed by atoms with Crippen LogP contribution in [0.3, 0.4) is 0 Å². The number of hydrogen-bond acceptors (Lipinski definition) is 6. The number of anilines is 1. The summed E-state index contributed by atoms with van der Waals surface area (Å²) in [5.41, 5.74) is -0.230. The summed E-state index contributed by atoms with van der Waals surface area (Å²) >= 11 is 0. The molecule has 1 aliphatic rings. The average Bonchev–Trinajstić information content (AvgIpc) is 2.79. The van der Waals surface area contributed by atoms with E-state index in [-0.39, 0.29) is 12.6 Å². The number of rotatable bonds is 6. The van der Waals surface area contributed by atoms with Crippen LogP contribution in [0.4, 0.5) is 5.95 Å². The van der Waals surface area contributed by atoms with E-state index < -0.39 is 11.4 Å². The molecule has 0 spiro atoms. The van der Waals surface area contributed by atoms with Crippen molar-refractivity contribution >= 4 is 11.9 Å². The van der Waals surface area contributed by atoms with Gasteiger partial charge in [-0.1, -0.05) is 6.92 Å². The van der Waals surface area contributed by atoms with Gasteiger partial charge in [0, 0.05) is 11.8 Å². The molecule has 21 heavy (non-hydrogen) atoms. The second kappa shape index (κ2) is 6.26. The van der Waals surface area contributed by atoms with Crippen molar-refractivity contribution in [3.05, 3.63) is 11.8 Å². The average molecular weight is 295 g/mol. The second-order valence-corrected chi connectivity index (χ2v) is 5.45.